The molecular formula is C17H27NO. The highest BCUT2D eigenvalue weighted by atomic mass is 16.5. The van der Waals surface area contributed by atoms with E-state index >= 15 is 0 Å². The molecule has 0 heterocycles. The lowest BCUT2D eigenvalue weighted by molar-refractivity contribution is 0.176. The first-order chi connectivity index (χ1) is 8.87. The fourth-order valence-corrected chi connectivity index (χ4v) is 3.44. The first-order valence-electron chi connectivity index (χ1n) is 7.32. The second-order valence-corrected chi connectivity index (χ2v) is 6.49. The van der Waals surface area contributed by atoms with Gasteiger partial charge in [0, 0.05) is 5.54 Å². The van der Waals surface area contributed by atoms with Gasteiger partial charge < -0.3 is 10.5 Å². The Morgan fingerprint density at radius 3 is 2.42 bits per heavy atom. The predicted octanol–water partition coefficient (Wildman–Crippen LogP) is 3.92. The molecule has 1 aromatic rings. The van der Waals surface area contributed by atoms with Gasteiger partial charge in [0.25, 0.3) is 0 Å². The van der Waals surface area contributed by atoms with E-state index in [4.69, 9.17) is 10.5 Å². The van der Waals surface area contributed by atoms with Crippen molar-refractivity contribution in [3.8, 4) is 5.75 Å². The minimum absolute atomic E-state index is 0.160. The minimum atomic E-state index is -0.160. The molecule has 2 heteroatoms. The van der Waals surface area contributed by atoms with Gasteiger partial charge in [-0.3, -0.25) is 0 Å². The van der Waals surface area contributed by atoms with Crippen molar-refractivity contribution in [2.24, 2.45) is 17.6 Å². The first-order valence-corrected chi connectivity index (χ1v) is 7.32. The average molecular weight is 261 g/mol. The minimum Gasteiger partial charge on any atom is -0.496 e. The van der Waals surface area contributed by atoms with E-state index < -0.39 is 0 Å². The van der Waals surface area contributed by atoms with Crippen LogP contribution in [0.2, 0.25) is 0 Å². The summed E-state index contributed by atoms with van der Waals surface area (Å²) < 4.78 is 5.40. The van der Waals surface area contributed by atoms with Crippen molar-refractivity contribution in [2.45, 2.75) is 52.5 Å². The van der Waals surface area contributed by atoms with Gasteiger partial charge >= 0.3 is 0 Å². The Kier molecular flexibility index (Phi) is 3.91. The number of hydrogen-bond donors (Lipinski definition) is 1. The van der Waals surface area contributed by atoms with Crippen LogP contribution in [0.5, 0.6) is 5.75 Å². The third-order valence-electron chi connectivity index (χ3n) is 4.98. The highest BCUT2D eigenvalue weighted by Gasteiger charge is 2.36. The van der Waals surface area contributed by atoms with Crippen LogP contribution in [0.15, 0.2) is 12.1 Å². The normalized spacial score (nSPS) is 31.3. The van der Waals surface area contributed by atoms with Crippen LogP contribution in [0, 0.1) is 25.7 Å². The molecule has 1 aliphatic rings. The van der Waals surface area contributed by atoms with Crippen molar-refractivity contribution < 1.29 is 4.74 Å². The van der Waals surface area contributed by atoms with Crippen LogP contribution < -0.4 is 10.5 Å². The summed E-state index contributed by atoms with van der Waals surface area (Å²) in [5, 5.41) is 0. The van der Waals surface area contributed by atoms with E-state index in [2.05, 4.69) is 39.8 Å². The van der Waals surface area contributed by atoms with Crippen molar-refractivity contribution >= 4 is 0 Å². The van der Waals surface area contributed by atoms with Gasteiger partial charge in [-0.1, -0.05) is 19.9 Å². The summed E-state index contributed by atoms with van der Waals surface area (Å²) in [6.45, 7) is 8.92. The van der Waals surface area contributed by atoms with Crippen molar-refractivity contribution in [3.63, 3.8) is 0 Å². The highest BCUT2D eigenvalue weighted by molar-refractivity contribution is 5.44. The zero-order valence-corrected chi connectivity index (χ0v) is 12.9. The third kappa shape index (κ3) is 2.64. The molecule has 1 aliphatic carbocycles. The van der Waals surface area contributed by atoms with Gasteiger partial charge in [0.15, 0.2) is 0 Å². The third-order valence-corrected chi connectivity index (χ3v) is 4.98. The second kappa shape index (κ2) is 5.16. The van der Waals surface area contributed by atoms with E-state index in [1.54, 1.807) is 7.11 Å². The van der Waals surface area contributed by atoms with Crippen LogP contribution >= 0.6 is 0 Å². The number of hydrogen-bond acceptors (Lipinski definition) is 2. The molecule has 0 saturated heterocycles. The molecule has 0 aromatic heterocycles. The molecule has 19 heavy (non-hydrogen) atoms. The lowest BCUT2D eigenvalue weighted by atomic mass is 9.68. The predicted molar refractivity (Wildman–Crippen MR) is 80.5 cm³/mol. The Morgan fingerprint density at radius 1 is 1.16 bits per heavy atom. The van der Waals surface area contributed by atoms with E-state index in [9.17, 15) is 0 Å². The molecule has 0 amide bonds. The number of methoxy groups -OCH3 is 1. The van der Waals surface area contributed by atoms with E-state index in [1.807, 2.05) is 0 Å². The molecule has 1 fully saturated rings. The molecule has 2 nitrogen and oxygen atoms in total. The van der Waals surface area contributed by atoms with Crippen LogP contribution in [0.25, 0.3) is 0 Å². The fraction of sp³-hybridized carbons (Fsp3) is 0.647. The van der Waals surface area contributed by atoms with Gasteiger partial charge in [-0.2, -0.15) is 0 Å². The summed E-state index contributed by atoms with van der Waals surface area (Å²) in [6, 6.07) is 4.36. The Hall–Kier alpha value is -1.02. The van der Waals surface area contributed by atoms with Crippen LogP contribution in [0.1, 0.15) is 49.8 Å². The SMILES string of the molecule is COc1cc(C)c(C2(N)CCC(C)C(C)C2)cc1C. The lowest BCUT2D eigenvalue weighted by Crippen LogP contribution is -2.43. The average Bonchev–Trinajstić information content (AvgIpc) is 2.36. The smallest absolute Gasteiger partial charge is 0.122 e. The van der Waals surface area contributed by atoms with Crippen LogP contribution in [0.3, 0.4) is 0 Å². The van der Waals surface area contributed by atoms with Crippen molar-refractivity contribution in [2.75, 3.05) is 7.11 Å². The van der Waals surface area contributed by atoms with Crippen LogP contribution in [0.4, 0.5) is 0 Å². The zero-order chi connectivity index (χ0) is 14.2. The number of rotatable bonds is 2. The molecule has 3 unspecified atom stereocenters. The van der Waals surface area contributed by atoms with E-state index in [1.165, 1.54) is 23.1 Å². The van der Waals surface area contributed by atoms with Crippen LogP contribution in [-0.4, -0.2) is 7.11 Å². The molecule has 3 atom stereocenters. The van der Waals surface area contributed by atoms with Gasteiger partial charge in [0.05, 0.1) is 7.11 Å². The quantitative estimate of drug-likeness (QED) is 0.875. The Morgan fingerprint density at radius 2 is 1.84 bits per heavy atom. The fourth-order valence-electron chi connectivity index (χ4n) is 3.44. The Labute approximate surface area is 117 Å². The summed E-state index contributed by atoms with van der Waals surface area (Å²) in [5.41, 5.74) is 10.3. The van der Waals surface area contributed by atoms with Crippen molar-refractivity contribution in [3.05, 3.63) is 28.8 Å². The van der Waals surface area contributed by atoms with Crippen molar-refractivity contribution in [1.82, 2.24) is 0 Å². The maximum atomic E-state index is 6.75. The molecule has 2 N–H and O–H groups in total. The molecule has 1 saturated carbocycles. The van der Waals surface area contributed by atoms with Crippen LogP contribution in [-0.2, 0) is 5.54 Å². The molecule has 106 valence electrons. The lowest BCUT2D eigenvalue weighted by Gasteiger charge is -2.41. The van der Waals surface area contributed by atoms with E-state index in [0.717, 1.165) is 24.5 Å². The monoisotopic (exact) mass is 261 g/mol. The van der Waals surface area contributed by atoms with Gasteiger partial charge in [-0.15, -0.1) is 0 Å². The zero-order valence-electron chi connectivity index (χ0n) is 12.9. The van der Waals surface area contributed by atoms with Gasteiger partial charge in [0.2, 0.25) is 0 Å². The summed E-state index contributed by atoms with van der Waals surface area (Å²) in [7, 11) is 1.73. The number of aryl methyl sites for hydroxylation is 2. The van der Waals surface area contributed by atoms with Crippen molar-refractivity contribution in [1.29, 1.82) is 0 Å². The molecule has 0 spiro atoms. The summed E-state index contributed by atoms with van der Waals surface area (Å²) in [6.07, 6.45) is 3.40. The maximum Gasteiger partial charge on any atom is 0.122 e. The standard InChI is InChI=1S/C17H27NO/c1-11-6-7-17(18,10-14(11)4)15-8-13(3)16(19-5)9-12(15)2/h8-9,11,14H,6-7,10,18H2,1-5H3. The largest absolute Gasteiger partial charge is 0.496 e. The number of benzene rings is 1. The van der Waals surface area contributed by atoms with Gasteiger partial charge in [0.1, 0.15) is 5.75 Å². The molecule has 2 rings (SSSR count). The maximum absolute atomic E-state index is 6.75. The molecule has 0 radical (unpaired) electrons. The Bertz CT molecular complexity index is 469. The van der Waals surface area contributed by atoms with E-state index in [0.29, 0.717) is 5.92 Å². The molecule has 0 bridgehead atoms. The Balaban J connectivity index is 2.38. The molecule has 1 aromatic carbocycles. The summed E-state index contributed by atoms with van der Waals surface area (Å²) >= 11 is 0. The molecule has 0 aliphatic heterocycles. The van der Waals surface area contributed by atoms with E-state index in [-0.39, 0.29) is 5.54 Å². The summed E-state index contributed by atoms with van der Waals surface area (Å²) in [5.74, 6) is 2.44. The second-order valence-electron chi connectivity index (χ2n) is 6.49. The van der Waals surface area contributed by atoms with Gasteiger partial charge in [-0.05, 0) is 67.7 Å². The van der Waals surface area contributed by atoms with Gasteiger partial charge in [-0.25, -0.2) is 0 Å². The number of ether oxygens (including phenoxy) is 1. The number of nitrogens with two attached hydrogens (primary N) is 1. The highest BCUT2D eigenvalue weighted by Crippen LogP contribution is 2.42. The topological polar surface area (TPSA) is 35.2 Å². The molecular weight excluding hydrogens is 234 g/mol. The first kappa shape index (κ1) is 14.4. The summed E-state index contributed by atoms with van der Waals surface area (Å²) in [4.78, 5) is 0.